The summed E-state index contributed by atoms with van der Waals surface area (Å²) in [6.45, 7) is 5.91. The number of hydrogen-bond acceptors (Lipinski definition) is 2. The van der Waals surface area contributed by atoms with E-state index in [1.807, 2.05) is 18.2 Å². The lowest BCUT2D eigenvalue weighted by atomic mass is 10.0. The number of aliphatic carboxylic acids is 1. The molecule has 1 aliphatic rings. The second kappa shape index (κ2) is 5.72. The van der Waals surface area contributed by atoms with Crippen molar-refractivity contribution in [1.82, 2.24) is 0 Å². The molecule has 3 rings (SSSR count). The van der Waals surface area contributed by atoms with Gasteiger partial charge in [0.15, 0.2) is 0 Å². The molecule has 1 amide bonds. The van der Waals surface area contributed by atoms with Crippen molar-refractivity contribution in [2.75, 3.05) is 4.90 Å². The fraction of sp³-hybridized carbons (Fsp3) is 0.158. The number of fused-ring (bicyclic) bond motifs is 1. The summed E-state index contributed by atoms with van der Waals surface area (Å²) in [6, 6.07) is 12.8. The Balaban J connectivity index is 1.87. The maximum atomic E-state index is 12.5. The molecule has 0 fully saturated rings. The highest BCUT2D eigenvalue weighted by Crippen LogP contribution is 2.30. The average molecular weight is 307 g/mol. The van der Waals surface area contributed by atoms with Gasteiger partial charge in [-0.2, -0.15) is 0 Å². The maximum Gasteiger partial charge on any atom is 0.310 e. The predicted molar refractivity (Wildman–Crippen MR) is 89.5 cm³/mol. The molecule has 0 aliphatic carbocycles. The van der Waals surface area contributed by atoms with Crippen LogP contribution in [0.4, 0.5) is 5.69 Å². The first kappa shape index (κ1) is 15.0. The molecule has 0 aromatic heterocycles. The zero-order valence-corrected chi connectivity index (χ0v) is 12.8. The summed E-state index contributed by atoms with van der Waals surface area (Å²) in [6.07, 6.45) is 1.76. The number of nitrogens with zero attached hydrogens (tertiary/aromatic N) is 1. The van der Waals surface area contributed by atoms with Crippen LogP contribution in [0.5, 0.6) is 0 Å². The number of carboxylic acids is 1. The third-order valence-electron chi connectivity index (χ3n) is 4.24. The Morgan fingerprint density at radius 2 is 1.96 bits per heavy atom. The lowest BCUT2D eigenvalue weighted by Crippen LogP contribution is -2.23. The fourth-order valence-corrected chi connectivity index (χ4v) is 2.76. The van der Waals surface area contributed by atoms with Crippen LogP contribution in [0.25, 0.3) is 6.08 Å². The third-order valence-corrected chi connectivity index (χ3v) is 4.24. The van der Waals surface area contributed by atoms with E-state index >= 15 is 0 Å². The van der Waals surface area contributed by atoms with E-state index in [0.29, 0.717) is 12.1 Å². The van der Waals surface area contributed by atoms with Crippen molar-refractivity contribution in [3.05, 3.63) is 71.3 Å². The second-order valence-corrected chi connectivity index (χ2v) is 5.66. The molecule has 1 N–H and O–H groups in total. The second-order valence-electron chi connectivity index (χ2n) is 5.66. The van der Waals surface area contributed by atoms with Crippen molar-refractivity contribution in [2.45, 2.75) is 19.4 Å². The van der Waals surface area contributed by atoms with E-state index in [-0.39, 0.29) is 5.91 Å². The maximum absolute atomic E-state index is 12.5. The highest BCUT2D eigenvalue weighted by atomic mass is 16.4. The van der Waals surface area contributed by atoms with Crippen molar-refractivity contribution < 1.29 is 14.7 Å². The third kappa shape index (κ3) is 2.63. The largest absolute Gasteiger partial charge is 0.481 e. The van der Waals surface area contributed by atoms with E-state index < -0.39 is 11.9 Å². The predicted octanol–water partition coefficient (Wildman–Crippen LogP) is 3.68. The molecule has 1 unspecified atom stereocenters. The first-order chi connectivity index (χ1) is 11.0. The van der Waals surface area contributed by atoms with E-state index in [1.54, 1.807) is 42.2 Å². The van der Waals surface area contributed by atoms with E-state index in [1.165, 1.54) is 0 Å². The van der Waals surface area contributed by atoms with Crippen LogP contribution in [-0.2, 0) is 11.3 Å². The van der Waals surface area contributed by atoms with Gasteiger partial charge in [0, 0.05) is 11.3 Å². The molecule has 0 spiro atoms. The molecule has 0 radical (unpaired) electrons. The summed E-state index contributed by atoms with van der Waals surface area (Å²) in [4.78, 5) is 25.3. The molecule has 1 heterocycles. The Hall–Kier alpha value is -2.88. The van der Waals surface area contributed by atoms with Crippen LogP contribution >= 0.6 is 0 Å². The molecule has 1 aliphatic heterocycles. The van der Waals surface area contributed by atoms with E-state index in [4.69, 9.17) is 5.11 Å². The average Bonchev–Trinajstić information content (AvgIpc) is 2.90. The van der Waals surface area contributed by atoms with Crippen molar-refractivity contribution in [2.24, 2.45) is 0 Å². The molecule has 4 heteroatoms. The number of carbonyl (C=O) groups excluding carboxylic acids is 1. The molecular weight excluding hydrogens is 290 g/mol. The van der Waals surface area contributed by atoms with Crippen LogP contribution in [0.15, 0.2) is 49.0 Å². The van der Waals surface area contributed by atoms with Crippen LogP contribution in [0.1, 0.15) is 39.9 Å². The molecule has 4 nitrogen and oxygen atoms in total. The molecule has 23 heavy (non-hydrogen) atoms. The van der Waals surface area contributed by atoms with Gasteiger partial charge in [0.1, 0.15) is 0 Å². The van der Waals surface area contributed by atoms with Gasteiger partial charge in [-0.15, -0.1) is 0 Å². The molecule has 1 atom stereocenters. The minimum Gasteiger partial charge on any atom is -0.481 e. The van der Waals surface area contributed by atoms with E-state index in [9.17, 15) is 9.59 Å². The lowest BCUT2D eigenvalue weighted by molar-refractivity contribution is -0.138. The van der Waals surface area contributed by atoms with Gasteiger partial charge in [-0.1, -0.05) is 30.9 Å². The Kier molecular flexibility index (Phi) is 3.74. The van der Waals surface area contributed by atoms with Crippen LogP contribution in [-0.4, -0.2) is 17.0 Å². The number of anilines is 1. The molecule has 0 bridgehead atoms. The number of carbonyl (C=O) groups is 2. The minimum absolute atomic E-state index is 0.0327. The molecule has 0 saturated carbocycles. The number of carboxylic acid groups (broad SMARTS) is 1. The Bertz CT molecular complexity index is 793. The van der Waals surface area contributed by atoms with Gasteiger partial charge in [-0.3, -0.25) is 9.59 Å². The van der Waals surface area contributed by atoms with Gasteiger partial charge < -0.3 is 10.0 Å². The Labute approximate surface area is 134 Å². The van der Waals surface area contributed by atoms with Gasteiger partial charge in [0.05, 0.1) is 12.5 Å². The van der Waals surface area contributed by atoms with Gasteiger partial charge in [-0.25, -0.2) is 0 Å². The normalized spacial score (nSPS) is 14.5. The highest BCUT2D eigenvalue weighted by molar-refractivity contribution is 6.10. The van der Waals surface area contributed by atoms with Crippen molar-refractivity contribution >= 4 is 23.6 Å². The molecule has 116 valence electrons. The lowest BCUT2D eigenvalue weighted by Gasteiger charge is -2.16. The smallest absolute Gasteiger partial charge is 0.310 e. The quantitative estimate of drug-likeness (QED) is 0.937. The number of rotatable bonds is 4. The number of hydrogen-bond donors (Lipinski definition) is 1. The fourth-order valence-electron chi connectivity index (χ4n) is 2.76. The first-order valence-electron chi connectivity index (χ1n) is 7.41. The standard InChI is InChI=1S/C19H17NO3/c1-3-13-4-9-17-15(10-13)11-20(18(17)21)16-7-5-14(6-8-16)12(2)19(22)23/h3-10,12H,1,11H2,2H3,(H,22,23). The highest BCUT2D eigenvalue weighted by Gasteiger charge is 2.28. The van der Waals surface area contributed by atoms with Gasteiger partial charge in [0.2, 0.25) is 0 Å². The Morgan fingerprint density at radius 3 is 2.57 bits per heavy atom. The number of amides is 1. The van der Waals surface area contributed by atoms with E-state index in [2.05, 4.69) is 6.58 Å². The van der Waals surface area contributed by atoms with Gasteiger partial charge in [0.25, 0.3) is 5.91 Å². The van der Waals surface area contributed by atoms with Crippen molar-refractivity contribution in [3.8, 4) is 0 Å². The van der Waals surface area contributed by atoms with E-state index in [0.717, 1.165) is 22.4 Å². The van der Waals surface area contributed by atoms with Crippen LogP contribution in [0.3, 0.4) is 0 Å². The Morgan fingerprint density at radius 1 is 1.26 bits per heavy atom. The van der Waals surface area contributed by atoms with Gasteiger partial charge in [-0.05, 0) is 47.9 Å². The van der Waals surface area contributed by atoms with Crippen LogP contribution < -0.4 is 4.90 Å². The summed E-state index contributed by atoms with van der Waals surface area (Å²) in [5, 5.41) is 9.05. The molecule has 2 aromatic carbocycles. The first-order valence-corrected chi connectivity index (χ1v) is 7.41. The molecule has 0 saturated heterocycles. The van der Waals surface area contributed by atoms with Crippen LogP contribution in [0.2, 0.25) is 0 Å². The summed E-state index contributed by atoms with van der Waals surface area (Å²) in [5.41, 5.74) is 4.17. The number of benzene rings is 2. The zero-order valence-electron chi connectivity index (χ0n) is 12.8. The summed E-state index contributed by atoms with van der Waals surface area (Å²) < 4.78 is 0. The van der Waals surface area contributed by atoms with Crippen LogP contribution in [0, 0.1) is 0 Å². The summed E-state index contributed by atoms with van der Waals surface area (Å²) in [5.74, 6) is -1.46. The van der Waals surface area contributed by atoms with Gasteiger partial charge >= 0.3 is 5.97 Å². The molecule has 2 aromatic rings. The topological polar surface area (TPSA) is 57.6 Å². The SMILES string of the molecule is C=Cc1ccc2c(c1)CN(c1ccc(C(C)C(=O)O)cc1)C2=O. The van der Waals surface area contributed by atoms with Crippen molar-refractivity contribution in [3.63, 3.8) is 0 Å². The summed E-state index contributed by atoms with van der Waals surface area (Å²) in [7, 11) is 0. The summed E-state index contributed by atoms with van der Waals surface area (Å²) >= 11 is 0. The monoisotopic (exact) mass is 307 g/mol. The zero-order chi connectivity index (χ0) is 16.6. The molecular formula is C19H17NO3. The van der Waals surface area contributed by atoms with Crippen molar-refractivity contribution in [1.29, 1.82) is 0 Å². The minimum atomic E-state index is -0.862.